The molecule has 0 amide bonds. The second-order valence-electron chi connectivity index (χ2n) is 4.99. The first-order valence-electron chi connectivity index (χ1n) is 6.95. The van der Waals surface area contributed by atoms with Gasteiger partial charge in [0.2, 0.25) is 0 Å². The van der Waals surface area contributed by atoms with Crippen LogP contribution in [-0.4, -0.2) is 28.8 Å². The zero-order valence-corrected chi connectivity index (χ0v) is 12.4. The van der Waals surface area contributed by atoms with Crippen LogP contribution in [0.15, 0.2) is 24.3 Å². The second-order valence-corrected chi connectivity index (χ2v) is 6.10. The van der Waals surface area contributed by atoms with Crippen molar-refractivity contribution in [1.82, 2.24) is 10.3 Å². The Bertz CT molecular complexity index is 479. The lowest BCUT2D eigenvalue weighted by Crippen LogP contribution is -2.30. The number of aliphatic hydroxyl groups is 1. The van der Waals surface area contributed by atoms with Crippen molar-refractivity contribution in [2.75, 3.05) is 6.54 Å². The topological polar surface area (TPSA) is 45.1 Å². The van der Waals surface area contributed by atoms with Crippen molar-refractivity contribution in [3.05, 3.63) is 29.3 Å². The smallest absolute Gasteiger partial charge is 0.0954 e. The minimum atomic E-state index is -0.179. The molecule has 0 radical (unpaired) electrons. The van der Waals surface area contributed by atoms with E-state index in [0.717, 1.165) is 31.3 Å². The second kappa shape index (κ2) is 6.98. The van der Waals surface area contributed by atoms with Gasteiger partial charge in [0, 0.05) is 12.5 Å². The Morgan fingerprint density at radius 3 is 2.89 bits per heavy atom. The number of thiazole rings is 1. The summed E-state index contributed by atoms with van der Waals surface area (Å²) >= 11 is 1.77. The molecule has 2 atom stereocenters. The molecule has 2 aromatic rings. The fraction of sp³-hybridized carbons (Fsp3) is 0.533. The molecule has 0 aliphatic rings. The molecule has 1 aromatic heterocycles. The molecule has 3 nitrogen and oxygen atoms in total. The maximum atomic E-state index is 9.51. The van der Waals surface area contributed by atoms with Gasteiger partial charge >= 0.3 is 0 Å². The summed E-state index contributed by atoms with van der Waals surface area (Å²) in [6.45, 7) is 5.04. The quantitative estimate of drug-likeness (QED) is 0.818. The van der Waals surface area contributed by atoms with Gasteiger partial charge in [-0.15, -0.1) is 11.3 Å². The standard InChI is InChI=1S/C15H22N2OS/c1-3-12(18)8-9-16-11(2)10-15-17-13-6-4-5-7-14(13)19-15/h4-7,11-12,16,18H,3,8-10H2,1-2H3. The van der Waals surface area contributed by atoms with Crippen LogP contribution >= 0.6 is 11.3 Å². The van der Waals surface area contributed by atoms with Gasteiger partial charge in [-0.25, -0.2) is 4.98 Å². The molecule has 104 valence electrons. The number of aromatic nitrogens is 1. The van der Waals surface area contributed by atoms with E-state index in [2.05, 4.69) is 35.4 Å². The Labute approximate surface area is 118 Å². The van der Waals surface area contributed by atoms with Crippen LogP contribution in [0.3, 0.4) is 0 Å². The lowest BCUT2D eigenvalue weighted by atomic mass is 10.2. The van der Waals surface area contributed by atoms with E-state index in [1.807, 2.05) is 13.0 Å². The van der Waals surface area contributed by atoms with E-state index in [1.165, 1.54) is 9.71 Å². The first kappa shape index (κ1) is 14.4. The highest BCUT2D eigenvalue weighted by molar-refractivity contribution is 7.18. The van der Waals surface area contributed by atoms with E-state index in [1.54, 1.807) is 11.3 Å². The number of rotatable bonds is 7. The number of fused-ring (bicyclic) bond motifs is 1. The van der Waals surface area contributed by atoms with E-state index in [9.17, 15) is 5.11 Å². The van der Waals surface area contributed by atoms with Crippen LogP contribution in [0.2, 0.25) is 0 Å². The highest BCUT2D eigenvalue weighted by Crippen LogP contribution is 2.22. The van der Waals surface area contributed by atoms with E-state index < -0.39 is 0 Å². The Balaban J connectivity index is 1.83. The monoisotopic (exact) mass is 278 g/mol. The van der Waals surface area contributed by atoms with Crippen LogP contribution in [0, 0.1) is 0 Å². The summed E-state index contributed by atoms with van der Waals surface area (Å²) in [5, 5.41) is 14.1. The van der Waals surface area contributed by atoms with Gasteiger partial charge in [-0.2, -0.15) is 0 Å². The van der Waals surface area contributed by atoms with E-state index in [0.29, 0.717) is 6.04 Å². The molecular weight excluding hydrogens is 256 g/mol. The van der Waals surface area contributed by atoms with Crippen LogP contribution in [0.25, 0.3) is 10.2 Å². The van der Waals surface area contributed by atoms with Gasteiger partial charge in [-0.1, -0.05) is 19.1 Å². The summed E-state index contributed by atoms with van der Waals surface area (Å²) in [5.74, 6) is 0. The zero-order chi connectivity index (χ0) is 13.7. The molecule has 0 fully saturated rings. The molecule has 0 spiro atoms. The first-order chi connectivity index (χ1) is 9.19. The average molecular weight is 278 g/mol. The normalized spacial score (nSPS) is 14.7. The Morgan fingerprint density at radius 2 is 2.16 bits per heavy atom. The first-order valence-corrected chi connectivity index (χ1v) is 7.76. The fourth-order valence-electron chi connectivity index (χ4n) is 2.04. The summed E-state index contributed by atoms with van der Waals surface area (Å²) in [5.41, 5.74) is 1.09. The maximum Gasteiger partial charge on any atom is 0.0954 e. The van der Waals surface area contributed by atoms with Crippen molar-refractivity contribution < 1.29 is 5.11 Å². The lowest BCUT2D eigenvalue weighted by Gasteiger charge is -2.13. The third-order valence-corrected chi connectivity index (χ3v) is 4.32. The predicted molar refractivity (Wildman–Crippen MR) is 81.7 cm³/mol. The molecule has 0 saturated heterocycles. The molecule has 1 aromatic carbocycles. The number of aliphatic hydroxyl groups excluding tert-OH is 1. The lowest BCUT2D eigenvalue weighted by molar-refractivity contribution is 0.159. The number of nitrogens with zero attached hydrogens (tertiary/aromatic N) is 1. The molecule has 4 heteroatoms. The molecule has 1 heterocycles. The molecule has 0 bridgehead atoms. The third kappa shape index (κ3) is 4.27. The number of hydrogen-bond acceptors (Lipinski definition) is 4. The van der Waals surface area contributed by atoms with Crippen LogP contribution in [0.1, 0.15) is 31.7 Å². The molecule has 2 N–H and O–H groups in total. The van der Waals surface area contributed by atoms with Crippen molar-refractivity contribution in [2.45, 2.75) is 45.3 Å². The van der Waals surface area contributed by atoms with Crippen molar-refractivity contribution in [1.29, 1.82) is 0 Å². The van der Waals surface area contributed by atoms with Crippen LogP contribution in [0.4, 0.5) is 0 Å². The van der Waals surface area contributed by atoms with Crippen molar-refractivity contribution in [3.63, 3.8) is 0 Å². The van der Waals surface area contributed by atoms with E-state index in [-0.39, 0.29) is 6.10 Å². The number of benzene rings is 1. The van der Waals surface area contributed by atoms with Crippen molar-refractivity contribution >= 4 is 21.6 Å². The number of hydrogen-bond donors (Lipinski definition) is 2. The molecule has 0 aliphatic carbocycles. The van der Waals surface area contributed by atoms with Gasteiger partial charge in [0.05, 0.1) is 21.3 Å². The molecule has 0 saturated carbocycles. The third-order valence-electron chi connectivity index (χ3n) is 3.26. The molecule has 19 heavy (non-hydrogen) atoms. The molecular formula is C15H22N2OS. The van der Waals surface area contributed by atoms with Gasteiger partial charge in [-0.05, 0) is 38.4 Å². The van der Waals surface area contributed by atoms with Crippen molar-refractivity contribution in [2.24, 2.45) is 0 Å². The summed E-state index contributed by atoms with van der Waals surface area (Å²) in [6.07, 6.45) is 2.41. The number of para-hydroxylation sites is 1. The fourth-order valence-corrected chi connectivity index (χ4v) is 3.14. The largest absolute Gasteiger partial charge is 0.393 e. The Hall–Kier alpha value is -0.970. The highest BCUT2D eigenvalue weighted by Gasteiger charge is 2.08. The van der Waals surface area contributed by atoms with Gasteiger partial charge in [0.25, 0.3) is 0 Å². The number of nitrogens with one attached hydrogen (secondary N) is 1. The SMILES string of the molecule is CCC(O)CCNC(C)Cc1nc2ccccc2s1. The van der Waals surface area contributed by atoms with Gasteiger partial charge in [0.1, 0.15) is 0 Å². The minimum absolute atomic E-state index is 0.179. The minimum Gasteiger partial charge on any atom is -0.393 e. The van der Waals surface area contributed by atoms with Gasteiger partial charge in [-0.3, -0.25) is 0 Å². The van der Waals surface area contributed by atoms with Crippen LogP contribution < -0.4 is 5.32 Å². The van der Waals surface area contributed by atoms with Crippen molar-refractivity contribution in [3.8, 4) is 0 Å². The Morgan fingerprint density at radius 1 is 1.37 bits per heavy atom. The summed E-state index contributed by atoms with van der Waals surface area (Å²) in [4.78, 5) is 4.64. The highest BCUT2D eigenvalue weighted by atomic mass is 32.1. The van der Waals surface area contributed by atoms with E-state index >= 15 is 0 Å². The van der Waals surface area contributed by atoms with E-state index in [4.69, 9.17) is 0 Å². The average Bonchev–Trinajstić information content (AvgIpc) is 2.80. The predicted octanol–water partition coefficient (Wildman–Crippen LogP) is 2.98. The summed E-state index contributed by atoms with van der Waals surface area (Å²) in [7, 11) is 0. The van der Waals surface area contributed by atoms with Gasteiger partial charge in [0.15, 0.2) is 0 Å². The zero-order valence-electron chi connectivity index (χ0n) is 11.6. The van der Waals surface area contributed by atoms with Gasteiger partial charge < -0.3 is 10.4 Å². The molecule has 0 aliphatic heterocycles. The van der Waals surface area contributed by atoms with Crippen LogP contribution in [0.5, 0.6) is 0 Å². The Kier molecular flexibility index (Phi) is 5.31. The maximum absolute atomic E-state index is 9.51. The molecule has 2 rings (SSSR count). The summed E-state index contributed by atoms with van der Waals surface area (Å²) in [6, 6.07) is 8.65. The molecule has 2 unspecified atom stereocenters. The van der Waals surface area contributed by atoms with Crippen LogP contribution in [-0.2, 0) is 6.42 Å². The summed E-state index contributed by atoms with van der Waals surface area (Å²) < 4.78 is 1.26.